The highest BCUT2D eigenvalue weighted by atomic mass is 79.9. The normalized spacial score (nSPS) is 11.3. The maximum absolute atomic E-state index is 5.27. The molecule has 1 aromatic heterocycles. The van der Waals surface area contributed by atoms with E-state index < -0.39 is 0 Å². The molecule has 5 heteroatoms. The van der Waals surface area contributed by atoms with Crippen LogP contribution < -0.4 is 9.64 Å². The summed E-state index contributed by atoms with van der Waals surface area (Å²) in [4.78, 5) is 11.2. The molecule has 112 valence electrons. The van der Waals surface area contributed by atoms with Gasteiger partial charge in [0, 0.05) is 30.3 Å². The second-order valence-electron chi connectivity index (χ2n) is 5.88. The highest BCUT2D eigenvalue weighted by Gasteiger charge is 2.20. The Morgan fingerprint density at radius 2 is 1.86 bits per heavy atom. The van der Waals surface area contributed by atoms with Crippen LogP contribution in [0.2, 0.25) is 0 Å². The van der Waals surface area contributed by atoms with E-state index in [1.165, 1.54) is 0 Å². The average molecular weight is 350 g/mol. The van der Waals surface area contributed by atoms with Gasteiger partial charge in [0.2, 0.25) is 0 Å². The SMILES string of the molecule is COc1cccc(N(C)c2cc(Br)nc(C(C)(C)C)n2)c1. The molecule has 1 heterocycles. The molecule has 4 nitrogen and oxygen atoms in total. The quantitative estimate of drug-likeness (QED) is 0.773. The predicted molar refractivity (Wildman–Crippen MR) is 89.5 cm³/mol. The second kappa shape index (κ2) is 6.02. The molecular weight excluding hydrogens is 330 g/mol. The third kappa shape index (κ3) is 3.73. The summed E-state index contributed by atoms with van der Waals surface area (Å²) >= 11 is 3.47. The molecule has 2 rings (SSSR count). The van der Waals surface area contributed by atoms with Crippen molar-refractivity contribution in [3.63, 3.8) is 0 Å². The minimum absolute atomic E-state index is 0.103. The van der Waals surface area contributed by atoms with Crippen LogP contribution in [0.25, 0.3) is 0 Å². The Labute approximate surface area is 134 Å². The third-order valence-corrected chi connectivity index (χ3v) is 3.54. The number of halogens is 1. The Morgan fingerprint density at radius 3 is 2.48 bits per heavy atom. The van der Waals surface area contributed by atoms with Gasteiger partial charge < -0.3 is 9.64 Å². The molecule has 0 unspecified atom stereocenters. The lowest BCUT2D eigenvalue weighted by Gasteiger charge is -2.23. The van der Waals surface area contributed by atoms with E-state index >= 15 is 0 Å². The van der Waals surface area contributed by atoms with Crippen molar-refractivity contribution in [1.29, 1.82) is 0 Å². The molecule has 0 spiro atoms. The Balaban J connectivity index is 2.43. The summed E-state index contributed by atoms with van der Waals surface area (Å²) in [6.45, 7) is 6.30. The van der Waals surface area contributed by atoms with E-state index in [1.807, 2.05) is 42.3 Å². The standard InChI is InChI=1S/C16H20BrN3O/c1-16(2,3)15-18-13(17)10-14(19-15)20(4)11-7-6-8-12(9-11)21-5/h6-10H,1-5H3. The number of methoxy groups -OCH3 is 1. The predicted octanol–water partition coefficient (Wildman–Crippen LogP) is 4.31. The minimum atomic E-state index is -0.103. The number of anilines is 2. The maximum atomic E-state index is 5.27. The molecular formula is C16H20BrN3O. The Kier molecular flexibility index (Phi) is 4.52. The number of nitrogens with zero attached hydrogens (tertiary/aromatic N) is 3. The molecule has 0 N–H and O–H groups in total. The van der Waals surface area contributed by atoms with Gasteiger partial charge in [0.05, 0.1) is 7.11 Å². The first-order chi connectivity index (χ1) is 9.81. The van der Waals surface area contributed by atoms with Crippen molar-refractivity contribution in [2.24, 2.45) is 0 Å². The molecule has 0 aliphatic heterocycles. The summed E-state index contributed by atoms with van der Waals surface area (Å²) in [5.74, 6) is 2.47. The van der Waals surface area contributed by atoms with Crippen LogP contribution in [0.4, 0.5) is 11.5 Å². The summed E-state index contributed by atoms with van der Waals surface area (Å²) < 4.78 is 6.06. The van der Waals surface area contributed by atoms with Crippen molar-refractivity contribution >= 4 is 27.4 Å². The molecule has 21 heavy (non-hydrogen) atoms. The van der Waals surface area contributed by atoms with Crippen molar-refractivity contribution in [2.45, 2.75) is 26.2 Å². The van der Waals surface area contributed by atoms with Gasteiger partial charge in [0.25, 0.3) is 0 Å². The first-order valence-corrected chi connectivity index (χ1v) is 7.53. The van der Waals surface area contributed by atoms with E-state index in [9.17, 15) is 0 Å². The molecule has 1 aromatic carbocycles. The van der Waals surface area contributed by atoms with Crippen LogP contribution in [0.15, 0.2) is 34.9 Å². The molecule has 2 aromatic rings. The number of hydrogen-bond donors (Lipinski definition) is 0. The third-order valence-electron chi connectivity index (χ3n) is 3.14. The fraction of sp³-hybridized carbons (Fsp3) is 0.375. The van der Waals surface area contributed by atoms with E-state index in [1.54, 1.807) is 7.11 Å². The van der Waals surface area contributed by atoms with Crippen LogP contribution in [0.3, 0.4) is 0 Å². The number of aromatic nitrogens is 2. The average Bonchev–Trinajstić information content (AvgIpc) is 2.45. The zero-order chi connectivity index (χ0) is 15.6. The molecule has 0 radical (unpaired) electrons. The molecule has 0 saturated carbocycles. The fourth-order valence-electron chi connectivity index (χ4n) is 1.86. The summed E-state index contributed by atoms with van der Waals surface area (Å²) in [6.07, 6.45) is 0. The molecule has 0 atom stereocenters. The molecule has 0 aliphatic carbocycles. The van der Waals surface area contributed by atoms with E-state index in [-0.39, 0.29) is 5.41 Å². The topological polar surface area (TPSA) is 38.2 Å². The van der Waals surface area contributed by atoms with E-state index in [0.29, 0.717) is 0 Å². The number of benzene rings is 1. The first-order valence-electron chi connectivity index (χ1n) is 6.74. The van der Waals surface area contributed by atoms with Crippen LogP contribution in [0, 0.1) is 0 Å². The van der Waals surface area contributed by atoms with Crippen molar-refractivity contribution in [3.8, 4) is 5.75 Å². The van der Waals surface area contributed by atoms with Gasteiger partial charge in [0.15, 0.2) is 0 Å². The van der Waals surface area contributed by atoms with Gasteiger partial charge in [-0.3, -0.25) is 0 Å². The van der Waals surface area contributed by atoms with Gasteiger partial charge in [-0.15, -0.1) is 0 Å². The first kappa shape index (κ1) is 15.8. The van der Waals surface area contributed by atoms with E-state index in [4.69, 9.17) is 4.74 Å². The highest BCUT2D eigenvalue weighted by molar-refractivity contribution is 9.10. The monoisotopic (exact) mass is 349 g/mol. The van der Waals surface area contributed by atoms with E-state index in [0.717, 1.165) is 27.7 Å². The highest BCUT2D eigenvalue weighted by Crippen LogP contribution is 2.29. The van der Waals surface area contributed by atoms with Crippen LogP contribution in [-0.4, -0.2) is 24.1 Å². The largest absolute Gasteiger partial charge is 0.497 e. The van der Waals surface area contributed by atoms with Crippen LogP contribution in [0.1, 0.15) is 26.6 Å². The summed E-state index contributed by atoms with van der Waals surface area (Å²) in [6, 6.07) is 9.80. The van der Waals surface area contributed by atoms with Gasteiger partial charge in [-0.2, -0.15) is 0 Å². The molecule has 0 saturated heterocycles. The van der Waals surface area contributed by atoms with Gasteiger partial charge in [-0.25, -0.2) is 9.97 Å². The Hall–Kier alpha value is -1.62. The lowest BCUT2D eigenvalue weighted by Crippen LogP contribution is -2.19. The fourth-order valence-corrected chi connectivity index (χ4v) is 2.24. The summed E-state index contributed by atoms with van der Waals surface area (Å²) in [5.41, 5.74) is 0.910. The number of rotatable bonds is 3. The second-order valence-corrected chi connectivity index (χ2v) is 6.70. The van der Waals surface area contributed by atoms with E-state index in [2.05, 4.69) is 46.7 Å². The zero-order valence-corrected chi connectivity index (χ0v) is 14.6. The molecule has 0 amide bonds. The lowest BCUT2D eigenvalue weighted by atomic mass is 9.96. The molecule has 0 fully saturated rings. The Bertz CT molecular complexity index is 638. The molecule has 0 aliphatic rings. The van der Waals surface area contributed by atoms with Crippen molar-refractivity contribution in [3.05, 3.63) is 40.8 Å². The lowest BCUT2D eigenvalue weighted by molar-refractivity contribution is 0.415. The van der Waals surface area contributed by atoms with Crippen LogP contribution in [-0.2, 0) is 5.41 Å². The maximum Gasteiger partial charge on any atom is 0.137 e. The van der Waals surface area contributed by atoms with Gasteiger partial charge in [0.1, 0.15) is 22.0 Å². The zero-order valence-electron chi connectivity index (χ0n) is 13.0. The number of ether oxygens (including phenoxy) is 1. The van der Waals surface area contributed by atoms with Crippen molar-refractivity contribution in [1.82, 2.24) is 9.97 Å². The van der Waals surface area contributed by atoms with Gasteiger partial charge in [-0.1, -0.05) is 26.8 Å². The van der Waals surface area contributed by atoms with Crippen LogP contribution >= 0.6 is 15.9 Å². The molecule has 0 bridgehead atoms. The van der Waals surface area contributed by atoms with Crippen LogP contribution in [0.5, 0.6) is 5.75 Å². The Morgan fingerprint density at radius 1 is 1.14 bits per heavy atom. The summed E-state index contributed by atoms with van der Waals surface area (Å²) in [7, 11) is 3.65. The van der Waals surface area contributed by atoms with Gasteiger partial charge >= 0.3 is 0 Å². The van der Waals surface area contributed by atoms with Crippen molar-refractivity contribution < 1.29 is 4.74 Å². The smallest absolute Gasteiger partial charge is 0.137 e. The summed E-state index contributed by atoms with van der Waals surface area (Å²) in [5, 5.41) is 0. The minimum Gasteiger partial charge on any atom is -0.497 e. The number of hydrogen-bond acceptors (Lipinski definition) is 4. The van der Waals surface area contributed by atoms with Crippen molar-refractivity contribution in [2.75, 3.05) is 19.1 Å². The van der Waals surface area contributed by atoms with Gasteiger partial charge in [-0.05, 0) is 28.1 Å².